The first-order valence-electron chi connectivity index (χ1n) is 1.80. The molecule has 2 heteroatoms. The molecule has 1 aliphatic heterocycles. The molecule has 0 saturated heterocycles. The van der Waals surface area contributed by atoms with E-state index in [1.54, 1.807) is 0 Å². The fourth-order valence-corrected chi connectivity index (χ4v) is 0.361. The summed E-state index contributed by atoms with van der Waals surface area (Å²) < 4.78 is 0. The summed E-state index contributed by atoms with van der Waals surface area (Å²) in [5, 5.41) is 2.92. The van der Waals surface area contributed by atoms with Crippen LogP contribution in [0.3, 0.4) is 0 Å². The molecule has 0 bridgehead atoms. The summed E-state index contributed by atoms with van der Waals surface area (Å²) in [7, 11) is 0. The van der Waals surface area contributed by atoms with Crippen molar-refractivity contribution in [3.63, 3.8) is 0 Å². The third-order valence-corrected chi connectivity index (χ3v) is 0.618. The van der Waals surface area contributed by atoms with Crippen LogP contribution in [0.1, 0.15) is 0 Å². The van der Waals surface area contributed by atoms with Crippen LogP contribution in [0.15, 0.2) is 0 Å². The van der Waals surface area contributed by atoms with Gasteiger partial charge in [-0.3, -0.25) is 0 Å². The molecule has 0 aromatic rings. The first-order chi connectivity index (χ1) is 2.50. The van der Waals surface area contributed by atoms with Crippen molar-refractivity contribution in [2.45, 2.75) is 6.32 Å². The summed E-state index contributed by atoms with van der Waals surface area (Å²) in [4.78, 5) is 0. The Labute approximate surface area is 32.3 Å². The molecule has 0 unspecified atom stereocenters. The normalized spacial score (nSPS) is 17.6. The molecule has 5 heavy (non-hydrogen) atoms. The predicted molar refractivity (Wildman–Crippen MR) is 23.6 cm³/mol. The zero-order valence-corrected chi connectivity index (χ0v) is 2.99. The molecule has 25 valence electrons. The van der Waals surface area contributed by atoms with Crippen LogP contribution >= 0.6 is 0 Å². The number of rotatable bonds is 0. The van der Waals surface area contributed by atoms with E-state index in [0.717, 1.165) is 12.9 Å². The number of hydrogen-bond acceptors (Lipinski definition) is 1. The second kappa shape index (κ2) is 1.25. The van der Waals surface area contributed by atoms with Gasteiger partial charge in [0.15, 0.2) is 0 Å². The van der Waals surface area contributed by atoms with Crippen LogP contribution in [-0.4, -0.2) is 19.6 Å². The van der Waals surface area contributed by atoms with E-state index in [9.17, 15) is 0 Å². The van der Waals surface area contributed by atoms with Crippen molar-refractivity contribution < 1.29 is 0 Å². The van der Waals surface area contributed by atoms with Crippen LogP contribution < -0.4 is 5.32 Å². The van der Waals surface area contributed by atoms with Gasteiger partial charge in [-0.05, 0) is 0 Å². The van der Waals surface area contributed by atoms with E-state index in [2.05, 4.69) is 11.4 Å². The van der Waals surface area contributed by atoms with Crippen molar-refractivity contribution in [2.24, 2.45) is 0 Å². The minimum absolute atomic E-state index is 1.08. The maximum atomic E-state index is 2.92. The Balaban J connectivity index is 2.32. The Morgan fingerprint density at radius 3 is 3.00 bits per heavy atom. The molecule has 0 aromatic heterocycles. The predicted octanol–water partition coefficient (Wildman–Crippen LogP) is -0.651. The molecule has 1 heterocycles. The van der Waals surface area contributed by atoms with Gasteiger partial charge in [-0.25, -0.2) is 0 Å². The van der Waals surface area contributed by atoms with Gasteiger partial charge in [0.25, 0.3) is 0 Å². The van der Waals surface area contributed by atoms with Gasteiger partial charge in [-0.2, -0.15) is 0 Å². The third-order valence-electron chi connectivity index (χ3n) is 0.618. The summed E-state index contributed by atoms with van der Waals surface area (Å²) in [6, 6.07) is 0. The van der Waals surface area contributed by atoms with E-state index in [0.29, 0.717) is 0 Å². The van der Waals surface area contributed by atoms with Crippen LogP contribution in [0, 0.1) is 0 Å². The first-order valence-corrected chi connectivity index (χ1v) is 1.80. The van der Waals surface area contributed by atoms with Gasteiger partial charge in [0, 0.05) is 0 Å². The van der Waals surface area contributed by atoms with Crippen LogP contribution in [0.5, 0.6) is 0 Å². The summed E-state index contributed by atoms with van der Waals surface area (Å²) in [5.41, 5.74) is 0. The molecule has 1 radical (unpaired) electrons. The summed E-state index contributed by atoms with van der Waals surface area (Å²) in [6.45, 7) is 3.08. The van der Waals surface area contributed by atoms with Crippen molar-refractivity contribution >= 4 is 13.0 Å². The second-order valence-corrected chi connectivity index (χ2v) is 1.06. The molecule has 1 rings (SSSR count). The summed E-state index contributed by atoms with van der Waals surface area (Å²) >= 11 is 0. The van der Waals surface area contributed by atoms with Gasteiger partial charge >= 0.3 is 31.2 Å². The molecule has 0 spiro atoms. The molecule has 1 N–H and O–H groups in total. The van der Waals surface area contributed by atoms with Crippen LogP contribution in [0.25, 0.3) is 0 Å². The van der Waals surface area contributed by atoms with Gasteiger partial charge in [0.2, 0.25) is 0 Å². The van der Waals surface area contributed by atoms with Gasteiger partial charge in [-0.15, -0.1) is 0 Å². The van der Waals surface area contributed by atoms with Gasteiger partial charge in [0.05, 0.1) is 0 Å². The van der Waals surface area contributed by atoms with Crippen molar-refractivity contribution in [2.75, 3.05) is 6.54 Å². The van der Waals surface area contributed by atoms with Crippen molar-refractivity contribution in [1.29, 1.82) is 0 Å². The molecule has 0 amide bonds. The third kappa shape index (κ3) is 0.501. The second-order valence-electron chi connectivity index (χ2n) is 1.06. The van der Waals surface area contributed by atoms with Crippen molar-refractivity contribution in [3.8, 4) is 0 Å². The SMILES string of the molecule is B1=[C]NCC1. The Morgan fingerprint density at radius 1 is 1.80 bits per heavy atom. The molecule has 0 atom stereocenters. The van der Waals surface area contributed by atoms with E-state index < -0.39 is 0 Å². The zero-order valence-electron chi connectivity index (χ0n) is 2.99. The summed E-state index contributed by atoms with van der Waals surface area (Å²) in [6.07, 6.45) is 4.00. The standard InChI is InChI=1S/C3H5BN/c1-2-5-3-4-1/h5H,1-2H2. The average Bonchev–Trinajstić information content (AvgIpc) is 1.76. The first kappa shape index (κ1) is 2.95. The average molecular weight is 65.9 g/mol. The molecule has 1 nitrogen and oxygen atoms in total. The molecule has 0 aromatic carbocycles. The van der Waals surface area contributed by atoms with E-state index in [4.69, 9.17) is 0 Å². The number of nitrogens with one attached hydrogen (secondary N) is 1. The Kier molecular flexibility index (Phi) is 0.734. The van der Waals surface area contributed by atoms with E-state index in [1.165, 1.54) is 0 Å². The summed E-state index contributed by atoms with van der Waals surface area (Å²) in [5.74, 6) is 0. The van der Waals surface area contributed by atoms with Crippen LogP contribution in [0.2, 0.25) is 6.32 Å². The fraction of sp³-hybridized carbons (Fsp3) is 0.667. The Bertz CT molecular complexity index is 44.9. The van der Waals surface area contributed by atoms with Gasteiger partial charge in [-0.1, -0.05) is 0 Å². The van der Waals surface area contributed by atoms with E-state index in [-0.39, 0.29) is 0 Å². The topological polar surface area (TPSA) is 12.0 Å². The molecule has 0 fully saturated rings. The van der Waals surface area contributed by atoms with Crippen molar-refractivity contribution in [3.05, 3.63) is 0 Å². The van der Waals surface area contributed by atoms with Gasteiger partial charge < -0.3 is 0 Å². The molecular weight excluding hydrogens is 60.9 g/mol. The van der Waals surface area contributed by atoms with Crippen LogP contribution in [0.4, 0.5) is 0 Å². The van der Waals surface area contributed by atoms with Gasteiger partial charge in [0.1, 0.15) is 0 Å². The minimum atomic E-state index is 1.08. The van der Waals surface area contributed by atoms with E-state index in [1.807, 2.05) is 6.92 Å². The molecular formula is C3H5BN. The quantitative estimate of drug-likeness (QED) is 0.370. The molecule has 0 saturated carbocycles. The monoisotopic (exact) mass is 66.1 g/mol. The van der Waals surface area contributed by atoms with Crippen LogP contribution in [-0.2, 0) is 0 Å². The molecule has 0 aliphatic carbocycles. The zero-order chi connectivity index (χ0) is 3.54. The fourth-order valence-electron chi connectivity index (χ4n) is 0.361. The van der Waals surface area contributed by atoms with Crippen molar-refractivity contribution in [1.82, 2.24) is 5.32 Å². The number of hydrogen-bond donors (Lipinski definition) is 1. The molecule has 1 aliphatic rings. The van der Waals surface area contributed by atoms with E-state index >= 15 is 0 Å². The maximum absolute atomic E-state index is 2.92. The Hall–Kier alpha value is -0.265. The Morgan fingerprint density at radius 2 is 2.80 bits per heavy atom.